The number of carboxylic acids is 1. The van der Waals surface area contributed by atoms with Crippen molar-refractivity contribution >= 4 is 22.4 Å². The van der Waals surface area contributed by atoms with Crippen LogP contribution in [0.3, 0.4) is 0 Å². The van der Waals surface area contributed by atoms with E-state index in [0.29, 0.717) is 11.1 Å². The second-order valence-electron chi connectivity index (χ2n) is 3.54. The Labute approximate surface area is 92.3 Å². The zero-order valence-corrected chi connectivity index (χ0v) is 8.71. The first-order chi connectivity index (χ1) is 7.59. The number of rotatable bonds is 2. The number of hydroxylamine groups is 1. The molecule has 0 aliphatic rings. The molecule has 0 saturated heterocycles. The molecular formula is C12H11NO3. The van der Waals surface area contributed by atoms with Crippen molar-refractivity contribution in [3.63, 3.8) is 0 Å². The molecule has 0 bridgehead atoms. The van der Waals surface area contributed by atoms with Gasteiger partial charge >= 0.3 is 5.97 Å². The molecule has 16 heavy (non-hydrogen) atoms. The molecule has 0 amide bonds. The Kier molecular flexibility index (Phi) is 2.50. The van der Waals surface area contributed by atoms with Crippen molar-refractivity contribution < 1.29 is 15.1 Å². The van der Waals surface area contributed by atoms with Gasteiger partial charge in [0.15, 0.2) is 0 Å². The van der Waals surface area contributed by atoms with Crippen LogP contribution in [0, 0.1) is 0 Å². The molecule has 4 nitrogen and oxygen atoms in total. The molecule has 0 aliphatic heterocycles. The third-order valence-electron chi connectivity index (χ3n) is 2.45. The van der Waals surface area contributed by atoms with Gasteiger partial charge in [0.1, 0.15) is 0 Å². The van der Waals surface area contributed by atoms with Crippen molar-refractivity contribution in [2.45, 2.75) is 0 Å². The molecule has 0 heterocycles. The number of aromatic carboxylic acids is 1. The van der Waals surface area contributed by atoms with Crippen LogP contribution < -0.4 is 5.06 Å². The van der Waals surface area contributed by atoms with Crippen LogP contribution in [0.4, 0.5) is 5.69 Å². The van der Waals surface area contributed by atoms with Crippen molar-refractivity contribution in [3.05, 3.63) is 42.0 Å². The molecular weight excluding hydrogens is 206 g/mol. The first kappa shape index (κ1) is 10.4. The standard InChI is InChI=1S/C12H11NO3/c1-13(16)9-6-8-4-2-3-5-10(8)11(7-9)12(14)15/h2-7,16H,1H3,(H,14,15). The van der Waals surface area contributed by atoms with E-state index in [1.807, 2.05) is 12.1 Å². The molecule has 0 saturated carbocycles. The van der Waals surface area contributed by atoms with Crippen molar-refractivity contribution in [1.29, 1.82) is 0 Å². The summed E-state index contributed by atoms with van der Waals surface area (Å²) in [7, 11) is 1.45. The lowest BCUT2D eigenvalue weighted by Crippen LogP contribution is -2.11. The second kappa shape index (κ2) is 3.83. The van der Waals surface area contributed by atoms with E-state index in [2.05, 4.69) is 0 Å². The Morgan fingerprint density at radius 1 is 1.25 bits per heavy atom. The zero-order valence-electron chi connectivity index (χ0n) is 8.71. The van der Waals surface area contributed by atoms with Gasteiger partial charge in [0.05, 0.1) is 11.3 Å². The van der Waals surface area contributed by atoms with Gasteiger partial charge < -0.3 is 5.11 Å². The maximum atomic E-state index is 11.1. The highest BCUT2D eigenvalue weighted by atomic mass is 16.5. The molecule has 2 aromatic rings. The minimum Gasteiger partial charge on any atom is -0.478 e. The molecule has 82 valence electrons. The first-order valence-electron chi connectivity index (χ1n) is 4.78. The van der Waals surface area contributed by atoms with Crippen molar-refractivity contribution in [2.24, 2.45) is 0 Å². The topological polar surface area (TPSA) is 60.8 Å². The molecule has 0 unspecified atom stereocenters. The van der Waals surface area contributed by atoms with Gasteiger partial charge in [0, 0.05) is 7.05 Å². The largest absolute Gasteiger partial charge is 0.478 e. The number of hydrogen-bond donors (Lipinski definition) is 2. The minimum absolute atomic E-state index is 0.189. The molecule has 2 rings (SSSR count). The van der Waals surface area contributed by atoms with Crippen LogP contribution in [0.5, 0.6) is 0 Å². The fourth-order valence-electron chi connectivity index (χ4n) is 1.66. The van der Waals surface area contributed by atoms with Gasteiger partial charge in [-0.1, -0.05) is 24.3 Å². The van der Waals surface area contributed by atoms with E-state index >= 15 is 0 Å². The first-order valence-corrected chi connectivity index (χ1v) is 4.78. The number of hydrogen-bond acceptors (Lipinski definition) is 3. The highest BCUT2D eigenvalue weighted by Gasteiger charge is 2.11. The molecule has 0 spiro atoms. The molecule has 0 aromatic heterocycles. The van der Waals surface area contributed by atoms with Gasteiger partial charge in [-0.15, -0.1) is 0 Å². The van der Waals surface area contributed by atoms with E-state index in [9.17, 15) is 10.0 Å². The van der Waals surface area contributed by atoms with Crippen molar-refractivity contribution in [1.82, 2.24) is 0 Å². The van der Waals surface area contributed by atoms with Crippen LogP contribution in [0.25, 0.3) is 10.8 Å². The molecule has 0 atom stereocenters. The predicted octanol–water partition coefficient (Wildman–Crippen LogP) is 2.36. The van der Waals surface area contributed by atoms with Gasteiger partial charge in [-0.25, -0.2) is 4.79 Å². The lowest BCUT2D eigenvalue weighted by molar-refractivity contribution is 0.0699. The fraction of sp³-hybridized carbons (Fsp3) is 0.0833. The third-order valence-corrected chi connectivity index (χ3v) is 2.45. The summed E-state index contributed by atoms with van der Waals surface area (Å²) in [6.07, 6.45) is 0. The van der Waals surface area contributed by atoms with Crippen molar-refractivity contribution in [3.8, 4) is 0 Å². The summed E-state index contributed by atoms with van der Waals surface area (Å²) < 4.78 is 0. The van der Waals surface area contributed by atoms with Crippen LogP contribution >= 0.6 is 0 Å². The number of anilines is 1. The van der Waals surface area contributed by atoms with E-state index in [4.69, 9.17) is 5.11 Å². The average Bonchev–Trinajstić information content (AvgIpc) is 2.27. The molecule has 0 aliphatic carbocycles. The molecule has 0 fully saturated rings. The number of nitrogens with zero attached hydrogens (tertiary/aromatic N) is 1. The lowest BCUT2D eigenvalue weighted by atomic mass is 10.0. The fourth-order valence-corrected chi connectivity index (χ4v) is 1.66. The van der Waals surface area contributed by atoms with Gasteiger partial charge in [0.25, 0.3) is 0 Å². The normalized spacial score (nSPS) is 10.4. The Morgan fingerprint density at radius 3 is 2.56 bits per heavy atom. The summed E-state index contributed by atoms with van der Waals surface area (Å²) in [5.41, 5.74) is 0.644. The van der Waals surface area contributed by atoms with Crippen LogP contribution in [0.15, 0.2) is 36.4 Å². The van der Waals surface area contributed by atoms with E-state index in [0.717, 1.165) is 10.4 Å². The molecule has 2 aromatic carbocycles. The number of carbonyl (C=O) groups is 1. The monoisotopic (exact) mass is 217 g/mol. The zero-order chi connectivity index (χ0) is 11.7. The van der Waals surface area contributed by atoms with E-state index in [-0.39, 0.29) is 5.56 Å². The van der Waals surface area contributed by atoms with Gasteiger partial charge in [-0.05, 0) is 22.9 Å². The SMILES string of the molecule is CN(O)c1cc(C(=O)O)c2ccccc2c1. The predicted molar refractivity (Wildman–Crippen MR) is 61.1 cm³/mol. The quantitative estimate of drug-likeness (QED) is 0.758. The number of benzene rings is 2. The van der Waals surface area contributed by atoms with Crippen LogP contribution in [-0.2, 0) is 0 Å². The summed E-state index contributed by atoms with van der Waals surface area (Å²) in [6.45, 7) is 0. The highest BCUT2D eigenvalue weighted by molar-refractivity contribution is 6.05. The third kappa shape index (κ3) is 1.70. The Balaban J connectivity index is 2.79. The van der Waals surface area contributed by atoms with Crippen LogP contribution in [0.2, 0.25) is 0 Å². The Hall–Kier alpha value is -2.07. The molecule has 4 heteroatoms. The number of fused-ring (bicyclic) bond motifs is 1. The summed E-state index contributed by atoms with van der Waals surface area (Å²) in [4.78, 5) is 11.1. The van der Waals surface area contributed by atoms with E-state index in [1.54, 1.807) is 18.2 Å². The van der Waals surface area contributed by atoms with Gasteiger partial charge in [-0.3, -0.25) is 10.3 Å². The Morgan fingerprint density at radius 2 is 1.94 bits per heavy atom. The lowest BCUT2D eigenvalue weighted by Gasteiger charge is -2.12. The second-order valence-corrected chi connectivity index (χ2v) is 3.54. The van der Waals surface area contributed by atoms with Gasteiger partial charge in [0.2, 0.25) is 0 Å². The maximum absolute atomic E-state index is 11.1. The molecule has 0 radical (unpaired) electrons. The highest BCUT2D eigenvalue weighted by Crippen LogP contribution is 2.25. The van der Waals surface area contributed by atoms with Crippen LogP contribution in [0.1, 0.15) is 10.4 Å². The minimum atomic E-state index is -1.00. The maximum Gasteiger partial charge on any atom is 0.336 e. The van der Waals surface area contributed by atoms with Crippen molar-refractivity contribution in [2.75, 3.05) is 12.1 Å². The van der Waals surface area contributed by atoms with Gasteiger partial charge in [-0.2, -0.15) is 0 Å². The summed E-state index contributed by atoms with van der Waals surface area (Å²) in [5, 5.41) is 20.8. The summed E-state index contributed by atoms with van der Waals surface area (Å²) in [5.74, 6) is -1.00. The van der Waals surface area contributed by atoms with E-state index in [1.165, 1.54) is 13.1 Å². The molecule has 2 N–H and O–H groups in total. The Bertz CT molecular complexity index is 549. The summed E-state index contributed by atoms with van der Waals surface area (Å²) >= 11 is 0. The number of carboxylic acid groups (broad SMARTS) is 1. The van der Waals surface area contributed by atoms with E-state index < -0.39 is 5.97 Å². The van der Waals surface area contributed by atoms with Crippen LogP contribution in [-0.4, -0.2) is 23.3 Å². The smallest absolute Gasteiger partial charge is 0.336 e. The summed E-state index contributed by atoms with van der Waals surface area (Å²) in [6, 6.07) is 10.4. The average molecular weight is 217 g/mol.